The van der Waals surface area contributed by atoms with Crippen LogP contribution in [0.25, 0.3) is 0 Å². The summed E-state index contributed by atoms with van der Waals surface area (Å²) in [6.45, 7) is 0. The molecule has 0 fully saturated rings. The summed E-state index contributed by atoms with van der Waals surface area (Å²) in [4.78, 5) is 14.2. The maximum Gasteiger partial charge on any atom is 0.267 e. The third-order valence-corrected chi connectivity index (χ3v) is 2.45. The largest absolute Gasteiger partial charge is 0.275 e. The molecule has 1 aromatic heterocycles. The Balaban J connectivity index is 3.50. The van der Waals surface area contributed by atoms with Gasteiger partial charge in [0.1, 0.15) is 3.70 Å². The molecule has 0 aliphatic carbocycles. The van der Waals surface area contributed by atoms with Gasteiger partial charge in [0.2, 0.25) is 0 Å². The molecule has 0 aliphatic rings. The molecule has 0 saturated carbocycles. The third kappa shape index (κ3) is 2.17. The standard InChI is InChI=1S/C7H2ClF3INO/c8-5(14)4-3(6(10)11)2(9)1-13-7(4)12/h1,6H. The maximum absolute atomic E-state index is 12.9. The van der Waals surface area contributed by atoms with E-state index in [4.69, 9.17) is 11.6 Å². The van der Waals surface area contributed by atoms with Gasteiger partial charge in [-0.2, -0.15) is 0 Å². The van der Waals surface area contributed by atoms with Crippen LogP contribution >= 0.6 is 34.2 Å². The average Bonchev–Trinajstić information content (AvgIpc) is 2.07. The van der Waals surface area contributed by atoms with Gasteiger partial charge >= 0.3 is 0 Å². The quantitative estimate of drug-likeness (QED) is 0.472. The van der Waals surface area contributed by atoms with Crippen molar-refractivity contribution in [3.63, 3.8) is 0 Å². The molecule has 1 rings (SSSR count). The highest BCUT2D eigenvalue weighted by molar-refractivity contribution is 14.1. The van der Waals surface area contributed by atoms with Gasteiger partial charge < -0.3 is 0 Å². The molecule has 14 heavy (non-hydrogen) atoms. The number of hydrogen-bond acceptors (Lipinski definition) is 2. The van der Waals surface area contributed by atoms with Crippen molar-refractivity contribution in [1.29, 1.82) is 0 Å². The van der Waals surface area contributed by atoms with Crippen molar-refractivity contribution < 1.29 is 18.0 Å². The Hall–Kier alpha value is -0.370. The van der Waals surface area contributed by atoms with E-state index in [1.165, 1.54) is 22.6 Å². The van der Waals surface area contributed by atoms with Crippen molar-refractivity contribution in [2.45, 2.75) is 6.43 Å². The van der Waals surface area contributed by atoms with E-state index >= 15 is 0 Å². The van der Waals surface area contributed by atoms with Gasteiger partial charge in [0.15, 0.2) is 5.82 Å². The molecule has 0 spiro atoms. The van der Waals surface area contributed by atoms with Crippen LogP contribution in [-0.4, -0.2) is 10.2 Å². The summed E-state index contributed by atoms with van der Waals surface area (Å²) < 4.78 is 37.5. The van der Waals surface area contributed by atoms with Crippen LogP contribution < -0.4 is 0 Å². The highest BCUT2D eigenvalue weighted by Crippen LogP contribution is 2.28. The Labute approximate surface area is 95.6 Å². The molecule has 1 heterocycles. The molecule has 0 unspecified atom stereocenters. The molecule has 0 amide bonds. The van der Waals surface area contributed by atoms with Crippen LogP contribution in [0.1, 0.15) is 22.3 Å². The molecule has 0 radical (unpaired) electrons. The Morgan fingerprint density at radius 1 is 1.57 bits per heavy atom. The predicted octanol–water partition coefficient (Wildman–Crippen LogP) is 3.14. The van der Waals surface area contributed by atoms with Crippen LogP contribution in [0, 0.1) is 9.52 Å². The summed E-state index contributed by atoms with van der Waals surface area (Å²) in [5.74, 6) is -1.23. The topological polar surface area (TPSA) is 30.0 Å². The van der Waals surface area contributed by atoms with Crippen LogP contribution in [-0.2, 0) is 0 Å². The van der Waals surface area contributed by atoms with Gasteiger partial charge in [-0.1, -0.05) is 0 Å². The lowest BCUT2D eigenvalue weighted by atomic mass is 10.1. The first-order chi connectivity index (χ1) is 6.45. The molecule has 0 aliphatic heterocycles. The average molecular weight is 335 g/mol. The van der Waals surface area contributed by atoms with E-state index in [2.05, 4.69) is 4.98 Å². The number of carbonyl (C=O) groups excluding carboxylic acids is 1. The predicted molar refractivity (Wildman–Crippen MR) is 52.1 cm³/mol. The van der Waals surface area contributed by atoms with E-state index in [-0.39, 0.29) is 3.70 Å². The van der Waals surface area contributed by atoms with E-state index < -0.39 is 28.6 Å². The number of aromatic nitrogens is 1. The molecule has 2 nitrogen and oxygen atoms in total. The van der Waals surface area contributed by atoms with E-state index in [1.807, 2.05) is 0 Å². The Morgan fingerprint density at radius 2 is 2.14 bits per heavy atom. The molecule has 0 N–H and O–H groups in total. The monoisotopic (exact) mass is 335 g/mol. The molecule has 1 aromatic rings. The first-order valence-corrected chi connectivity index (χ1v) is 4.72. The second kappa shape index (κ2) is 4.43. The zero-order valence-electron chi connectivity index (χ0n) is 6.40. The van der Waals surface area contributed by atoms with Gasteiger partial charge in [-0.3, -0.25) is 4.79 Å². The second-order valence-electron chi connectivity index (χ2n) is 2.26. The number of nitrogens with zero attached hydrogens (tertiary/aromatic N) is 1. The minimum Gasteiger partial charge on any atom is -0.275 e. The normalized spacial score (nSPS) is 10.7. The minimum absolute atomic E-state index is 0.0423. The molecular formula is C7H2ClF3INO. The summed E-state index contributed by atoms with van der Waals surface area (Å²) in [7, 11) is 0. The lowest BCUT2D eigenvalue weighted by Crippen LogP contribution is -2.06. The van der Waals surface area contributed by atoms with Gasteiger partial charge in [0.05, 0.1) is 17.3 Å². The molecule has 0 atom stereocenters. The zero-order valence-corrected chi connectivity index (χ0v) is 9.31. The van der Waals surface area contributed by atoms with Gasteiger partial charge in [-0.25, -0.2) is 18.2 Å². The summed E-state index contributed by atoms with van der Waals surface area (Å²) in [5, 5.41) is -1.14. The number of carbonyl (C=O) groups is 1. The van der Waals surface area contributed by atoms with Gasteiger partial charge in [-0.05, 0) is 34.2 Å². The van der Waals surface area contributed by atoms with Gasteiger partial charge in [0.25, 0.3) is 11.7 Å². The molecule has 7 heteroatoms. The Bertz CT molecular complexity index is 385. The highest BCUT2D eigenvalue weighted by Gasteiger charge is 2.25. The van der Waals surface area contributed by atoms with E-state index in [1.54, 1.807) is 0 Å². The molecule has 0 saturated heterocycles. The Morgan fingerprint density at radius 3 is 2.50 bits per heavy atom. The third-order valence-electron chi connectivity index (χ3n) is 1.44. The fraction of sp³-hybridized carbons (Fsp3) is 0.143. The van der Waals surface area contributed by atoms with Crippen LogP contribution in [0.4, 0.5) is 13.2 Å². The first kappa shape index (κ1) is 11.7. The van der Waals surface area contributed by atoms with E-state index in [0.717, 1.165) is 0 Å². The molecular weight excluding hydrogens is 333 g/mol. The zero-order chi connectivity index (χ0) is 10.9. The lowest BCUT2D eigenvalue weighted by molar-refractivity contribution is 0.106. The van der Waals surface area contributed by atoms with Crippen LogP contribution in [0.3, 0.4) is 0 Å². The van der Waals surface area contributed by atoms with Crippen LogP contribution in [0.5, 0.6) is 0 Å². The van der Waals surface area contributed by atoms with E-state index in [0.29, 0.717) is 6.20 Å². The number of pyridine rings is 1. The summed E-state index contributed by atoms with van der Waals surface area (Å²) in [6, 6.07) is 0. The summed E-state index contributed by atoms with van der Waals surface area (Å²) >= 11 is 6.58. The number of rotatable bonds is 2. The molecule has 76 valence electrons. The lowest BCUT2D eigenvalue weighted by Gasteiger charge is -2.07. The van der Waals surface area contributed by atoms with Crippen molar-refractivity contribution in [3.8, 4) is 0 Å². The number of alkyl halides is 2. The highest BCUT2D eigenvalue weighted by atomic mass is 127. The summed E-state index contributed by atoms with van der Waals surface area (Å²) in [5.41, 5.74) is -1.56. The number of halogens is 5. The maximum atomic E-state index is 12.9. The minimum atomic E-state index is -3.09. The second-order valence-corrected chi connectivity index (χ2v) is 3.63. The van der Waals surface area contributed by atoms with Crippen molar-refractivity contribution in [3.05, 3.63) is 26.8 Å². The Kier molecular flexibility index (Phi) is 3.71. The first-order valence-electron chi connectivity index (χ1n) is 3.27. The van der Waals surface area contributed by atoms with E-state index in [9.17, 15) is 18.0 Å². The fourth-order valence-corrected chi connectivity index (χ4v) is 1.90. The number of hydrogen-bond donors (Lipinski definition) is 0. The molecule has 0 aromatic carbocycles. The van der Waals surface area contributed by atoms with Crippen molar-refractivity contribution in [1.82, 2.24) is 4.98 Å². The summed E-state index contributed by atoms with van der Waals surface area (Å²) in [6.07, 6.45) is -2.46. The SMILES string of the molecule is O=C(Cl)c1c(I)ncc(F)c1C(F)F. The van der Waals surface area contributed by atoms with Crippen molar-refractivity contribution in [2.24, 2.45) is 0 Å². The smallest absolute Gasteiger partial charge is 0.267 e. The van der Waals surface area contributed by atoms with Crippen LogP contribution in [0.15, 0.2) is 6.20 Å². The van der Waals surface area contributed by atoms with Gasteiger partial charge in [0, 0.05) is 0 Å². The molecule has 0 bridgehead atoms. The van der Waals surface area contributed by atoms with Gasteiger partial charge in [-0.15, -0.1) is 0 Å². The van der Waals surface area contributed by atoms with Crippen molar-refractivity contribution in [2.75, 3.05) is 0 Å². The van der Waals surface area contributed by atoms with Crippen LogP contribution in [0.2, 0.25) is 0 Å². The fourth-order valence-electron chi connectivity index (χ4n) is 0.878. The van der Waals surface area contributed by atoms with Crippen molar-refractivity contribution >= 4 is 39.4 Å².